The fourth-order valence-corrected chi connectivity index (χ4v) is 1.08. The highest BCUT2D eigenvalue weighted by Gasteiger charge is 2.14. The molecule has 4 nitrogen and oxygen atoms in total. The number of carbonyl (C=O) groups is 1. The lowest BCUT2D eigenvalue weighted by Crippen LogP contribution is -2.25. The SMILES string of the molecule is CCOC(=O)N(N=C=S)c1ccccc1. The van der Waals surface area contributed by atoms with Gasteiger partial charge in [0.05, 0.1) is 17.5 Å². The van der Waals surface area contributed by atoms with Crippen LogP contribution in [0.4, 0.5) is 10.5 Å². The maximum atomic E-state index is 11.5. The molecule has 0 fully saturated rings. The van der Waals surface area contributed by atoms with Crippen LogP contribution in [0, 0.1) is 0 Å². The van der Waals surface area contributed by atoms with Gasteiger partial charge in [0, 0.05) is 0 Å². The molecule has 0 radical (unpaired) electrons. The van der Waals surface area contributed by atoms with Crippen LogP contribution < -0.4 is 5.01 Å². The number of hydrazone groups is 1. The lowest BCUT2D eigenvalue weighted by Gasteiger charge is -2.14. The van der Waals surface area contributed by atoms with E-state index < -0.39 is 6.09 Å². The van der Waals surface area contributed by atoms with Crippen LogP contribution in [-0.4, -0.2) is 17.9 Å². The van der Waals surface area contributed by atoms with E-state index in [2.05, 4.69) is 22.5 Å². The van der Waals surface area contributed by atoms with E-state index in [-0.39, 0.29) is 6.61 Å². The summed E-state index contributed by atoms with van der Waals surface area (Å²) in [6.45, 7) is 2.01. The molecule has 0 heterocycles. The number of anilines is 1. The number of amides is 1. The highest BCUT2D eigenvalue weighted by molar-refractivity contribution is 7.78. The van der Waals surface area contributed by atoms with Gasteiger partial charge in [0.15, 0.2) is 0 Å². The lowest BCUT2D eigenvalue weighted by atomic mass is 10.3. The van der Waals surface area contributed by atoms with Gasteiger partial charge in [-0.3, -0.25) is 0 Å². The van der Waals surface area contributed by atoms with Crippen molar-refractivity contribution < 1.29 is 9.53 Å². The molecule has 0 aliphatic carbocycles. The zero-order valence-corrected chi connectivity index (χ0v) is 9.03. The molecule has 1 aromatic carbocycles. The zero-order chi connectivity index (χ0) is 11.1. The molecule has 0 aliphatic rings. The van der Waals surface area contributed by atoms with Crippen LogP contribution in [-0.2, 0) is 4.74 Å². The minimum Gasteiger partial charge on any atom is -0.448 e. The summed E-state index contributed by atoms with van der Waals surface area (Å²) in [5, 5.41) is 6.84. The first-order chi connectivity index (χ1) is 7.29. The van der Waals surface area contributed by atoms with Crippen molar-refractivity contribution in [1.82, 2.24) is 0 Å². The molecule has 0 unspecified atom stereocenters. The topological polar surface area (TPSA) is 41.9 Å². The number of para-hydroxylation sites is 1. The van der Waals surface area contributed by atoms with Crippen molar-refractivity contribution in [3.8, 4) is 0 Å². The van der Waals surface area contributed by atoms with Crippen molar-refractivity contribution in [3.05, 3.63) is 30.3 Å². The molecule has 0 N–H and O–H groups in total. The van der Waals surface area contributed by atoms with Gasteiger partial charge in [0.25, 0.3) is 0 Å². The Morgan fingerprint density at radius 1 is 1.53 bits per heavy atom. The number of ether oxygens (including phenoxy) is 1. The molecule has 5 heteroatoms. The van der Waals surface area contributed by atoms with E-state index >= 15 is 0 Å². The summed E-state index contributed by atoms with van der Waals surface area (Å²) in [6.07, 6.45) is -0.568. The average molecular weight is 222 g/mol. The monoisotopic (exact) mass is 222 g/mol. The molecule has 0 saturated heterocycles. The normalized spacial score (nSPS) is 8.87. The molecule has 0 aliphatic heterocycles. The van der Waals surface area contributed by atoms with Crippen LogP contribution in [0.5, 0.6) is 0 Å². The van der Waals surface area contributed by atoms with Gasteiger partial charge in [0.2, 0.25) is 0 Å². The maximum absolute atomic E-state index is 11.5. The van der Waals surface area contributed by atoms with E-state index in [1.807, 2.05) is 6.07 Å². The van der Waals surface area contributed by atoms with Gasteiger partial charge < -0.3 is 4.74 Å². The maximum Gasteiger partial charge on any atom is 0.435 e. The number of benzene rings is 1. The van der Waals surface area contributed by atoms with Crippen LogP contribution in [0.1, 0.15) is 6.92 Å². The molecule has 1 rings (SSSR count). The minimum atomic E-state index is -0.568. The summed E-state index contributed by atoms with van der Waals surface area (Å²) >= 11 is 4.47. The summed E-state index contributed by atoms with van der Waals surface area (Å²) in [6, 6.07) is 8.88. The predicted octanol–water partition coefficient (Wildman–Crippen LogP) is 2.67. The lowest BCUT2D eigenvalue weighted by molar-refractivity contribution is 0.160. The van der Waals surface area contributed by atoms with E-state index in [9.17, 15) is 4.79 Å². The Morgan fingerprint density at radius 3 is 2.73 bits per heavy atom. The molecule has 78 valence electrons. The summed E-state index contributed by atoms with van der Waals surface area (Å²) in [5.41, 5.74) is 0.591. The molecule has 0 bridgehead atoms. The van der Waals surface area contributed by atoms with Crippen LogP contribution in [0.2, 0.25) is 0 Å². The smallest absolute Gasteiger partial charge is 0.435 e. The van der Waals surface area contributed by atoms with E-state index in [0.29, 0.717) is 5.69 Å². The van der Waals surface area contributed by atoms with Crippen LogP contribution in [0.15, 0.2) is 35.4 Å². The van der Waals surface area contributed by atoms with Crippen LogP contribution in [0.25, 0.3) is 0 Å². The van der Waals surface area contributed by atoms with Gasteiger partial charge >= 0.3 is 6.09 Å². The second-order valence-electron chi connectivity index (χ2n) is 2.54. The van der Waals surface area contributed by atoms with Crippen molar-refractivity contribution in [3.63, 3.8) is 0 Å². The van der Waals surface area contributed by atoms with E-state index in [1.165, 1.54) is 0 Å². The first kappa shape index (κ1) is 11.4. The molecular formula is C10H10N2O2S. The van der Waals surface area contributed by atoms with E-state index in [1.54, 1.807) is 31.2 Å². The van der Waals surface area contributed by atoms with Gasteiger partial charge in [-0.2, -0.15) is 5.01 Å². The Labute approximate surface area is 93.2 Å². The Bertz CT molecular complexity index is 374. The highest BCUT2D eigenvalue weighted by Crippen LogP contribution is 2.14. The number of thiocarbonyl (C=S) groups is 1. The van der Waals surface area contributed by atoms with Crippen LogP contribution in [0.3, 0.4) is 0 Å². The molecule has 0 spiro atoms. The first-order valence-electron chi connectivity index (χ1n) is 4.39. The third kappa shape index (κ3) is 3.16. The summed E-state index contributed by atoms with van der Waals surface area (Å²) in [7, 11) is 0. The van der Waals surface area contributed by atoms with Crippen LogP contribution >= 0.6 is 12.2 Å². The number of carbonyl (C=O) groups excluding carboxylic acids is 1. The third-order valence-electron chi connectivity index (χ3n) is 1.58. The zero-order valence-electron chi connectivity index (χ0n) is 8.21. The summed E-state index contributed by atoms with van der Waals surface area (Å²) < 4.78 is 4.82. The summed E-state index contributed by atoms with van der Waals surface area (Å²) in [5.74, 6) is 0. The second kappa shape index (κ2) is 5.90. The van der Waals surface area contributed by atoms with Gasteiger partial charge in [0.1, 0.15) is 0 Å². The molecule has 0 aromatic heterocycles. The Hall–Kier alpha value is -1.71. The van der Waals surface area contributed by atoms with Gasteiger partial charge in [-0.15, -0.1) is 5.10 Å². The average Bonchev–Trinajstić information content (AvgIpc) is 2.27. The standard InChI is InChI=1S/C10H10N2O2S/c1-2-14-10(13)12(11-8-15)9-6-4-3-5-7-9/h3-7H,2H2,1H3. The first-order valence-corrected chi connectivity index (χ1v) is 4.80. The van der Waals surface area contributed by atoms with E-state index in [0.717, 1.165) is 5.01 Å². The largest absolute Gasteiger partial charge is 0.448 e. The quantitative estimate of drug-likeness (QED) is 0.448. The Kier molecular flexibility index (Phi) is 4.47. The number of hydrogen-bond donors (Lipinski definition) is 0. The molecule has 0 saturated carbocycles. The fourth-order valence-electron chi connectivity index (χ4n) is 0.999. The molecule has 1 amide bonds. The van der Waals surface area contributed by atoms with Crippen molar-refractivity contribution in [1.29, 1.82) is 0 Å². The van der Waals surface area contributed by atoms with Gasteiger partial charge in [-0.1, -0.05) is 18.2 Å². The predicted molar refractivity (Wildman–Crippen MR) is 61.0 cm³/mol. The molecule has 15 heavy (non-hydrogen) atoms. The van der Waals surface area contributed by atoms with Crippen molar-refractivity contribution in [2.75, 3.05) is 11.6 Å². The Morgan fingerprint density at radius 2 is 2.20 bits per heavy atom. The number of hydrogen-bond acceptors (Lipinski definition) is 4. The van der Waals surface area contributed by atoms with Crippen molar-refractivity contribution in [2.24, 2.45) is 5.10 Å². The minimum absolute atomic E-state index is 0.287. The van der Waals surface area contributed by atoms with E-state index in [4.69, 9.17) is 4.74 Å². The number of isothiocyanates is 1. The highest BCUT2D eigenvalue weighted by atomic mass is 32.1. The molecule has 0 atom stereocenters. The van der Waals surface area contributed by atoms with Crippen molar-refractivity contribution in [2.45, 2.75) is 6.92 Å². The third-order valence-corrected chi connectivity index (χ3v) is 1.66. The Balaban J connectivity index is 2.93. The van der Waals surface area contributed by atoms with Gasteiger partial charge in [-0.25, -0.2) is 4.79 Å². The molecular weight excluding hydrogens is 212 g/mol. The number of rotatable bonds is 3. The molecule has 1 aromatic rings. The van der Waals surface area contributed by atoms with Crippen molar-refractivity contribution >= 4 is 29.2 Å². The second-order valence-corrected chi connectivity index (χ2v) is 2.72. The van der Waals surface area contributed by atoms with Gasteiger partial charge in [-0.05, 0) is 31.3 Å². The fraction of sp³-hybridized carbons (Fsp3) is 0.200. The number of nitrogens with zero attached hydrogens (tertiary/aromatic N) is 2. The summed E-state index contributed by atoms with van der Waals surface area (Å²) in [4.78, 5) is 11.5.